The molecule has 1 unspecified atom stereocenters. The van der Waals surface area contributed by atoms with Crippen molar-refractivity contribution < 1.29 is 33.2 Å². The van der Waals surface area contributed by atoms with Crippen molar-refractivity contribution in [2.45, 2.75) is 92.2 Å². The maximum Gasteiger partial charge on any atom is 0.342 e. The maximum absolute atomic E-state index is 12.8. The number of ether oxygens (including phenoxy) is 3. The molecule has 0 fully saturated rings. The minimum atomic E-state index is -1.34. The number of rotatable bonds is 15. The van der Waals surface area contributed by atoms with Crippen LogP contribution in [0.2, 0.25) is 25.7 Å². The van der Waals surface area contributed by atoms with Gasteiger partial charge in [-0.2, -0.15) is 0 Å². The molecule has 0 radical (unpaired) electrons. The first-order chi connectivity index (χ1) is 19.9. The molecule has 8 nitrogen and oxygen atoms in total. The number of hydroxylamine groups is 1. The number of para-hydroxylation sites is 1. The summed E-state index contributed by atoms with van der Waals surface area (Å²) in [5, 5.41) is 0. The average Bonchev–Trinajstić information content (AvgIpc) is 3.33. The van der Waals surface area contributed by atoms with Gasteiger partial charge in [0.2, 0.25) is 0 Å². The molecule has 1 aliphatic rings. The Hall–Kier alpha value is -3.00. The van der Waals surface area contributed by atoms with Gasteiger partial charge in [-0.25, -0.2) is 4.79 Å². The van der Waals surface area contributed by atoms with E-state index in [4.69, 9.17) is 19.0 Å². The topological polar surface area (TPSA) is 91.4 Å². The molecule has 1 heterocycles. The summed E-state index contributed by atoms with van der Waals surface area (Å²) in [5.41, 5.74) is 6.82. The monoisotopic (exact) mass is 613 g/mol. The lowest BCUT2D eigenvalue weighted by Gasteiger charge is -2.22. The van der Waals surface area contributed by atoms with Crippen LogP contribution in [0, 0.1) is 6.92 Å². The van der Waals surface area contributed by atoms with E-state index in [0.717, 1.165) is 45.1 Å². The summed E-state index contributed by atoms with van der Waals surface area (Å²) < 4.78 is 28.8. The zero-order valence-electron chi connectivity index (χ0n) is 26.2. The van der Waals surface area contributed by atoms with Gasteiger partial charge in [-0.05, 0) is 75.0 Å². The van der Waals surface area contributed by atoms with E-state index in [-0.39, 0.29) is 19.2 Å². The fourth-order valence-corrected chi connectivity index (χ4v) is 6.02. The van der Waals surface area contributed by atoms with Gasteiger partial charge in [-0.15, -0.1) is 0 Å². The van der Waals surface area contributed by atoms with Crippen molar-refractivity contribution in [3.05, 3.63) is 69.3 Å². The molecule has 0 spiro atoms. The molecule has 3 rings (SSSR count). The van der Waals surface area contributed by atoms with Gasteiger partial charge in [0.1, 0.15) is 17.9 Å². The number of fused-ring (bicyclic) bond motifs is 1. The SMILES string of the molecule is CCOC(=O)C(C)N(Oc1ccccc1CC(C)=CCc1c(CC)c(C)c2c(c1OCC[Si](C)(C)C)C(=O)OC2)P=O. The summed E-state index contributed by atoms with van der Waals surface area (Å²) in [6, 6.07) is 7.62. The van der Waals surface area contributed by atoms with Gasteiger partial charge in [0.25, 0.3) is 8.61 Å². The quantitative estimate of drug-likeness (QED) is 0.0674. The van der Waals surface area contributed by atoms with Crippen molar-refractivity contribution in [2.75, 3.05) is 13.2 Å². The molecule has 0 amide bonds. The van der Waals surface area contributed by atoms with Crippen molar-refractivity contribution in [1.82, 2.24) is 4.83 Å². The molecule has 0 aliphatic carbocycles. The highest BCUT2D eigenvalue weighted by atomic mass is 31.1. The summed E-state index contributed by atoms with van der Waals surface area (Å²) >= 11 is 0. The van der Waals surface area contributed by atoms with E-state index in [2.05, 4.69) is 39.6 Å². The standard InChI is InChI=1S/C32H44NO7PSi/c1-9-25-22(4)27-20-39-32(35)29(27)30(38-17-18-42(6,7)8)26(25)16-15-21(3)19-24-13-11-12-14-28(24)40-33(41-36)23(5)31(34)37-10-2/h11-15,23H,9-10,16-20H2,1-8H3. The number of nitrogens with zero attached hydrogens (tertiary/aromatic N) is 1. The Balaban J connectivity index is 1.89. The van der Waals surface area contributed by atoms with Crippen LogP contribution in [-0.2, 0) is 44.7 Å². The third kappa shape index (κ3) is 8.30. The smallest absolute Gasteiger partial charge is 0.342 e. The van der Waals surface area contributed by atoms with Crippen LogP contribution in [0.1, 0.15) is 65.9 Å². The van der Waals surface area contributed by atoms with E-state index >= 15 is 0 Å². The van der Waals surface area contributed by atoms with Gasteiger partial charge in [0.15, 0.2) is 11.8 Å². The predicted octanol–water partition coefficient (Wildman–Crippen LogP) is 7.43. The number of carbonyl (C=O) groups excluding carboxylic acids is 2. The van der Waals surface area contributed by atoms with E-state index in [1.165, 1.54) is 5.56 Å². The Morgan fingerprint density at radius 1 is 1.19 bits per heavy atom. The van der Waals surface area contributed by atoms with Crippen LogP contribution in [0.15, 0.2) is 35.9 Å². The fraction of sp³-hybridized carbons (Fsp3) is 0.500. The van der Waals surface area contributed by atoms with Crippen molar-refractivity contribution in [3.8, 4) is 11.5 Å². The first-order valence-corrected chi connectivity index (χ1v) is 19.1. The molecule has 228 valence electrons. The third-order valence-corrected chi connectivity index (χ3v) is 9.70. The number of cyclic esters (lactones) is 1. The Morgan fingerprint density at radius 2 is 1.90 bits per heavy atom. The summed E-state index contributed by atoms with van der Waals surface area (Å²) in [6.07, 6.45) is 4.16. The van der Waals surface area contributed by atoms with Crippen LogP contribution in [0.5, 0.6) is 11.5 Å². The maximum atomic E-state index is 12.8. The highest BCUT2D eigenvalue weighted by molar-refractivity contribution is 7.20. The lowest BCUT2D eigenvalue weighted by molar-refractivity contribution is -0.153. The second-order valence-electron chi connectivity index (χ2n) is 11.8. The van der Waals surface area contributed by atoms with E-state index < -0.39 is 28.7 Å². The minimum absolute atomic E-state index is 0.225. The normalized spacial score (nSPS) is 14.1. The zero-order valence-corrected chi connectivity index (χ0v) is 28.1. The lowest BCUT2D eigenvalue weighted by Crippen LogP contribution is -2.36. The number of hydrogen-bond acceptors (Lipinski definition) is 7. The molecule has 2 aromatic rings. The summed E-state index contributed by atoms with van der Waals surface area (Å²) in [7, 11) is -1.79. The van der Waals surface area contributed by atoms with Crippen LogP contribution in [0.25, 0.3) is 0 Å². The predicted molar refractivity (Wildman–Crippen MR) is 167 cm³/mol. The Bertz CT molecular complexity index is 1340. The molecule has 0 saturated carbocycles. The van der Waals surface area contributed by atoms with E-state index in [0.29, 0.717) is 36.5 Å². The van der Waals surface area contributed by atoms with Gasteiger partial charge >= 0.3 is 11.9 Å². The van der Waals surface area contributed by atoms with E-state index in [1.54, 1.807) is 19.9 Å². The lowest BCUT2D eigenvalue weighted by atomic mass is 9.88. The molecule has 10 heteroatoms. The molecule has 1 atom stereocenters. The third-order valence-electron chi connectivity index (χ3n) is 7.40. The summed E-state index contributed by atoms with van der Waals surface area (Å²) in [6.45, 7) is 17.6. The van der Waals surface area contributed by atoms with Crippen LogP contribution in [-0.4, -0.2) is 44.1 Å². The van der Waals surface area contributed by atoms with Crippen LogP contribution in [0.3, 0.4) is 0 Å². The van der Waals surface area contributed by atoms with Gasteiger partial charge < -0.3 is 19.0 Å². The number of hydrogen-bond donors (Lipinski definition) is 0. The van der Waals surface area contributed by atoms with Gasteiger partial charge in [0, 0.05) is 24.8 Å². The fourth-order valence-electron chi connectivity index (χ4n) is 4.95. The first-order valence-electron chi connectivity index (χ1n) is 14.6. The van der Waals surface area contributed by atoms with Crippen molar-refractivity contribution in [2.24, 2.45) is 0 Å². The number of allylic oxidation sites excluding steroid dienone is 2. The molecule has 2 aromatic carbocycles. The van der Waals surface area contributed by atoms with Gasteiger partial charge in [-0.1, -0.05) is 56.4 Å². The molecule has 0 N–H and O–H groups in total. The summed E-state index contributed by atoms with van der Waals surface area (Å²) in [4.78, 5) is 32.0. The van der Waals surface area contributed by atoms with Crippen molar-refractivity contribution >= 4 is 28.6 Å². The second kappa shape index (κ2) is 14.9. The molecule has 0 aromatic heterocycles. The number of carbonyl (C=O) groups is 2. The average molecular weight is 614 g/mol. The second-order valence-corrected chi connectivity index (χ2v) is 18.0. The van der Waals surface area contributed by atoms with E-state index in [1.807, 2.05) is 25.1 Å². The molecule has 42 heavy (non-hydrogen) atoms. The molecule has 1 aliphatic heterocycles. The van der Waals surface area contributed by atoms with Crippen LogP contribution >= 0.6 is 8.61 Å². The largest absolute Gasteiger partial charge is 0.493 e. The highest BCUT2D eigenvalue weighted by Crippen LogP contribution is 2.39. The Kier molecular flexibility index (Phi) is 11.9. The molecular formula is C32H44NO7PSi. The Labute approximate surface area is 252 Å². The van der Waals surface area contributed by atoms with Gasteiger partial charge in [0.05, 0.1) is 13.2 Å². The zero-order chi connectivity index (χ0) is 31.0. The molecule has 0 bridgehead atoms. The van der Waals surface area contributed by atoms with Crippen LogP contribution < -0.4 is 9.57 Å². The molecule has 0 saturated heterocycles. The van der Waals surface area contributed by atoms with Crippen molar-refractivity contribution in [1.29, 1.82) is 0 Å². The number of benzene rings is 2. The highest BCUT2D eigenvalue weighted by Gasteiger charge is 2.32. The van der Waals surface area contributed by atoms with Crippen molar-refractivity contribution in [3.63, 3.8) is 0 Å². The van der Waals surface area contributed by atoms with Crippen LogP contribution in [0.4, 0.5) is 0 Å². The van der Waals surface area contributed by atoms with Gasteiger partial charge in [-0.3, -0.25) is 9.36 Å². The first kappa shape index (κ1) is 33.5. The van der Waals surface area contributed by atoms with E-state index in [9.17, 15) is 14.2 Å². The minimum Gasteiger partial charge on any atom is -0.493 e. The number of esters is 2. The Morgan fingerprint density at radius 3 is 2.55 bits per heavy atom. The molecular weight excluding hydrogens is 569 g/mol. The summed E-state index contributed by atoms with van der Waals surface area (Å²) in [5.74, 6) is 0.341.